The largest absolute Gasteiger partial charge is 0.326 e. The molecule has 0 atom stereocenters. The van der Waals surface area contributed by atoms with Crippen LogP contribution >= 0.6 is 0 Å². The van der Waals surface area contributed by atoms with E-state index in [-0.39, 0.29) is 0 Å². The van der Waals surface area contributed by atoms with Gasteiger partial charge in [-0.2, -0.15) is 0 Å². The van der Waals surface area contributed by atoms with Crippen LogP contribution in [0.5, 0.6) is 0 Å². The Bertz CT molecular complexity index is 389. The third kappa shape index (κ3) is 3.63. The second kappa shape index (κ2) is 4.94. The number of halogens is 1. The normalized spacial score (nSPS) is 9.40. The van der Waals surface area contributed by atoms with Crippen LogP contribution in [0.15, 0.2) is 29.4 Å². The molecule has 1 aromatic carbocycles. The van der Waals surface area contributed by atoms with Crippen LogP contribution in [0.1, 0.15) is 6.42 Å². The minimum atomic E-state index is -1.05. The quantitative estimate of drug-likeness (QED) is 0.605. The summed E-state index contributed by atoms with van der Waals surface area (Å²) in [5, 5.41) is 4.38. The number of carbonyl (C=O) groups is 2. The Balaban J connectivity index is 2.55. The molecule has 0 heterocycles. The van der Waals surface area contributed by atoms with Crippen molar-refractivity contribution >= 4 is 17.5 Å². The fourth-order valence-corrected chi connectivity index (χ4v) is 0.908. The lowest BCUT2D eigenvalue weighted by Gasteiger charge is -2.02. The molecule has 1 N–H and O–H groups in total. The minimum absolute atomic E-state index is 0.347. The second-order valence-electron chi connectivity index (χ2n) is 2.72. The first-order valence-corrected chi connectivity index (χ1v) is 4.03. The first kappa shape index (κ1) is 11.0. The highest BCUT2D eigenvalue weighted by atomic mass is 19.1. The molecule has 0 aliphatic carbocycles. The van der Waals surface area contributed by atoms with E-state index in [9.17, 15) is 18.9 Å². The minimum Gasteiger partial charge on any atom is -0.326 e. The van der Waals surface area contributed by atoms with Gasteiger partial charge in [0.05, 0.1) is 0 Å². The van der Waals surface area contributed by atoms with Gasteiger partial charge in [0.1, 0.15) is 12.2 Å². The molecule has 0 saturated heterocycles. The van der Waals surface area contributed by atoms with Crippen LogP contribution in [0.25, 0.3) is 0 Å². The van der Waals surface area contributed by atoms with Crippen LogP contribution < -0.4 is 5.32 Å². The van der Waals surface area contributed by atoms with Gasteiger partial charge in [0.25, 0.3) is 5.91 Å². The summed E-state index contributed by atoms with van der Waals surface area (Å²) in [5.74, 6) is -2.14. The zero-order valence-corrected chi connectivity index (χ0v) is 7.57. The maximum Gasteiger partial charge on any atom is 0.295 e. The van der Waals surface area contributed by atoms with E-state index in [1.54, 1.807) is 0 Å². The van der Waals surface area contributed by atoms with Crippen molar-refractivity contribution in [2.75, 3.05) is 5.32 Å². The summed E-state index contributed by atoms with van der Waals surface area (Å²) in [5.41, 5.74) is 0.347. The molecule has 2 amide bonds. The molecule has 0 fully saturated rings. The van der Waals surface area contributed by atoms with Gasteiger partial charge in [0.2, 0.25) is 5.91 Å². The fraction of sp³-hybridized carbons (Fsp3) is 0.111. The summed E-state index contributed by atoms with van der Waals surface area (Å²) in [6, 6.07) is 5.00. The lowest BCUT2D eigenvalue weighted by molar-refractivity contribution is -0.124. The zero-order chi connectivity index (χ0) is 11.3. The second-order valence-corrected chi connectivity index (χ2v) is 2.72. The van der Waals surface area contributed by atoms with Crippen LogP contribution in [-0.2, 0) is 9.59 Å². The smallest absolute Gasteiger partial charge is 0.295 e. The zero-order valence-electron chi connectivity index (χ0n) is 7.57. The lowest BCUT2D eigenvalue weighted by Crippen LogP contribution is -2.14. The van der Waals surface area contributed by atoms with Crippen molar-refractivity contribution in [3.05, 3.63) is 35.0 Å². The number of carbonyl (C=O) groups excluding carboxylic acids is 2. The molecule has 0 spiro atoms. The summed E-state index contributed by atoms with van der Waals surface area (Å²) in [4.78, 5) is 31.2. The number of anilines is 1. The average molecular weight is 210 g/mol. The molecule has 0 aliphatic heterocycles. The molecule has 15 heavy (non-hydrogen) atoms. The Morgan fingerprint density at radius 2 is 1.87 bits per heavy atom. The van der Waals surface area contributed by atoms with Crippen molar-refractivity contribution in [2.24, 2.45) is 5.18 Å². The summed E-state index contributed by atoms with van der Waals surface area (Å²) < 4.78 is 12.5. The molecule has 1 aromatic rings. The highest BCUT2D eigenvalue weighted by Crippen LogP contribution is 2.08. The van der Waals surface area contributed by atoms with Crippen LogP contribution in [0.3, 0.4) is 0 Å². The standard InChI is InChI=1S/C9H7FN2O3/c10-6-1-3-7(4-2-6)11-8(13)5-9(14)12-15/h1-4H,5H2,(H,11,13). The predicted octanol–water partition coefficient (Wildman–Crippen LogP) is 1.45. The van der Waals surface area contributed by atoms with Crippen LogP contribution in [0, 0.1) is 10.7 Å². The number of hydrogen-bond acceptors (Lipinski definition) is 3. The molecular weight excluding hydrogens is 203 g/mol. The summed E-state index contributed by atoms with van der Waals surface area (Å²) in [7, 11) is 0. The highest BCUT2D eigenvalue weighted by molar-refractivity contribution is 6.03. The number of rotatable bonds is 3. The molecule has 0 bridgehead atoms. The maximum atomic E-state index is 12.5. The average Bonchev–Trinajstić information content (AvgIpc) is 2.21. The summed E-state index contributed by atoms with van der Waals surface area (Å²) in [6.07, 6.45) is -0.610. The van der Waals surface area contributed by atoms with E-state index >= 15 is 0 Å². The van der Waals surface area contributed by atoms with Crippen molar-refractivity contribution < 1.29 is 14.0 Å². The Hall–Kier alpha value is -2.11. The van der Waals surface area contributed by atoms with Crippen molar-refractivity contribution in [1.82, 2.24) is 0 Å². The van der Waals surface area contributed by atoms with E-state index in [2.05, 4.69) is 10.5 Å². The molecule has 1 rings (SSSR count). The molecule has 0 unspecified atom stereocenters. The number of nitrogens with one attached hydrogen (secondary N) is 1. The Kier molecular flexibility index (Phi) is 3.61. The molecule has 5 nitrogen and oxygen atoms in total. The van der Waals surface area contributed by atoms with E-state index in [1.165, 1.54) is 12.1 Å². The molecule has 6 heteroatoms. The van der Waals surface area contributed by atoms with Gasteiger partial charge >= 0.3 is 0 Å². The number of benzene rings is 1. The monoisotopic (exact) mass is 210 g/mol. The first-order chi connectivity index (χ1) is 7.11. The summed E-state index contributed by atoms with van der Waals surface area (Å²) in [6.45, 7) is 0. The van der Waals surface area contributed by atoms with Gasteiger partial charge in [-0.15, -0.1) is 4.91 Å². The van der Waals surface area contributed by atoms with Crippen LogP contribution in [0.4, 0.5) is 10.1 Å². The van der Waals surface area contributed by atoms with E-state index in [0.29, 0.717) is 5.69 Å². The van der Waals surface area contributed by atoms with Gasteiger partial charge in [0, 0.05) is 10.9 Å². The van der Waals surface area contributed by atoms with Crippen molar-refractivity contribution in [3.63, 3.8) is 0 Å². The van der Waals surface area contributed by atoms with Gasteiger partial charge in [0.15, 0.2) is 0 Å². The molecule has 0 radical (unpaired) electrons. The van der Waals surface area contributed by atoms with Gasteiger partial charge in [-0.3, -0.25) is 9.59 Å². The molecule has 0 aromatic heterocycles. The number of nitroso groups, excluding NO2 is 1. The topological polar surface area (TPSA) is 75.6 Å². The molecule has 0 saturated carbocycles. The molecule has 78 valence electrons. The van der Waals surface area contributed by atoms with Gasteiger partial charge in [-0.05, 0) is 24.3 Å². The van der Waals surface area contributed by atoms with Crippen molar-refractivity contribution in [2.45, 2.75) is 6.42 Å². The molecule has 0 aliphatic rings. The Morgan fingerprint density at radius 1 is 1.27 bits per heavy atom. The first-order valence-electron chi connectivity index (χ1n) is 4.03. The van der Waals surface area contributed by atoms with E-state index in [0.717, 1.165) is 12.1 Å². The van der Waals surface area contributed by atoms with E-state index < -0.39 is 24.1 Å². The fourth-order valence-electron chi connectivity index (χ4n) is 0.908. The third-order valence-corrected chi connectivity index (χ3v) is 1.54. The van der Waals surface area contributed by atoms with Gasteiger partial charge in [-0.1, -0.05) is 0 Å². The number of hydrogen-bond donors (Lipinski definition) is 1. The van der Waals surface area contributed by atoms with Crippen molar-refractivity contribution in [3.8, 4) is 0 Å². The van der Waals surface area contributed by atoms with Crippen LogP contribution in [0.2, 0.25) is 0 Å². The van der Waals surface area contributed by atoms with E-state index in [1.807, 2.05) is 0 Å². The number of amides is 2. The van der Waals surface area contributed by atoms with Gasteiger partial charge < -0.3 is 5.32 Å². The van der Waals surface area contributed by atoms with Gasteiger partial charge in [-0.25, -0.2) is 4.39 Å². The summed E-state index contributed by atoms with van der Waals surface area (Å²) >= 11 is 0. The Morgan fingerprint density at radius 3 is 2.40 bits per heavy atom. The van der Waals surface area contributed by atoms with Crippen molar-refractivity contribution in [1.29, 1.82) is 0 Å². The predicted molar refractivity (Wildman–Crippen MR) is 50.4 cm³/mol. The molecular formula is C9H7FN2O3. The third-order valence-electron chi connectivity index (χ3n) is 1.54. The Labute approximate surface area is 84.3 Å². The lowest BCUT2D eigenvalue weighted by atomic mass is 10.3. The maximum absolute atomic E-state index is 12.5. The van der Waals surface area contributed by atoms with Crippen LogP contribution in [-0.4, -0.2) is 11.8 Å². The SMILES string of the molecule is O=NC(=O)CC(=O)Nc1ccc(F)cc1. The van der Waals surface area contributed by atoms with E-state index in [4.69, 9.17) is 0 Å². The highest BCUT2D eigenvalue weighted by Gasteiger charge is 2.09. The number of nitrogens with zero attached hydrogens (tertiary/aromatic N) is 1.